The molecular weight excluding hydrogens is 779 g/mol. The Bertz CT molecular complexity index is 3820. The Hall–Kier alpha value is -8.60. The Labute approximate surface area is 369 Å². The fourth-order valence-electron chi connectivity index (χ4n) is 9.92. The molecule has 0 unspecified atom stereocenters. The van der Waals surface area contributed by atoms with Crippen LogP contribution in [0.1, 0.15) is 0 Å². The van der Waals surface area contributed by atoms with Crippen LogP contribution in [0.5, 0.6) is 0 Å². The summed E-state index contributed by atoms with van der Waals surface area (Å²) < 4.78 is 11.0. The lowest BCUT2D eigenvalue weighted by molar-refractivity contribution is 0.669. The maximum atomic E-state index is 6.27. The first-order chi connectivity index (χ1) is 31.7. The van der Waals surface area contributed by atoms with Crippen molar-refractivity contribution in [2.45, 2.75) is 0 Å². The monoisotopic (exact) mass is 817 g/mol. The highest BCUT2D eigenvalue weighted by Crippen LogP contribution is 2.41. The van der Waals surface area contributed by atoms with E-state index in [0.29, 0.717) is 0 Å². The minimum atomic E-state index is 0.878. The number of aromatic nitrogens is 2. The van der Waals surface area contributed by atoms with E-state index in [1.807, 2.05) is 12.1 Å². The van der Waals surface area contributed by atoms with Crippen molar-refractivity contribution >= 4 is 82.6 Å². The summed E-state index contributed by atoms with van der Waals surface area (Å²) in [5, 5.41) is 7.23. The van der Waals surface area contributed by atoms with Crippen LogP contribution in [-0.4, -0.2) is 9.13 Å². The van der Waals surface area contributed by atoms with Crippen LogP contribution >= 0.6 is 0 Å². The molecule has 0 saturated carbocycles. The summed E-state index contributed by atoms with van der Waals surface area (Å²) in [6.45, 7) is 0. The van der Waals surface area contributed by atoms with E-state index in [1.54, 1.807) is 0 Å². The lowest BCUT2D eigenvalue weighted by Crippen LogP contribution is -2.09. The summed E-state index contributed by atoms with van der Waals surface area (Å²) in [6, 6.07) is 85.2. The van der Waals surface area contributed by atoms with Crippen molar-refractivity contribution < 1.29 is 4.42 Å². The molecule has 0 aliphatic rings. The molecule has 3 heterocycles. The third-order valence-electron chi connectivity index (χ3n) is 12.9. The Morgan fingerprint density at radius 3 is 1.30 bits per heavy atom. The lowest BCUT2D eigenvalue weighted by atomic mass is 10.0. The normalized spacial score (nSPS) is 11.8. The van der Waals surface area contributed by atoms with E-state index in [0.717, 1.165) is 61.5 Å². The van der Waals surface area contributed by atoms with Gasteiger partial charge in [0.2, 0.25) is 0 Å². The molecule has 4 heteroatoms. The second kappa shape index (κ2) is 14.5. The number of hydrogen-bond acceptors (Lipinski definition) is 2. The fraction of sp³-hybridized carbons (Fsp3) is 0. The zero-order chi connectivity index (χ0) is 42.1. The predicted octanol–water partition coefficient (Wildman–Crippen LogP) is 16.6. The number of para-hydroxylation sites is 5. The van der Waals surface area contributed by atoms with Crippen LogP contribution in [0.4, 0.5) is 17.1 Å². The van der Waals surface area contributed by atoms with Gasteiger partial charge in [-0.3, -0.25) is 0 Å². The zero-order valence-corrected chi connectivity index (χ0v) is 34.8. The molecule has 4 nitrogen and oxygen atoms in total. The Morgan fingerprint density at radius 1 is 0.266 bits per heavy atom. The standard InChI is InChI=1S/C60H39N3O/c1-2-12-44(13-3-1)63-57-20-10-6-16-51(57)52-36-28-43(38-58(52)63)42-26-31-46(32-27-42)61(48-35-37-60-54(39-48)53-17-7-11-21-59(53)64-60)45-29-22-40(23-30-45)41-24-33-47(34-25-41)62-55-18-8-4-14-49(55)50-15-5-9-19-56(50)62/h1-39H. The zero-order valence-electron chi connectivity index (χ0n) is 34.8. The summed E-state index contributed by atoms with van der Waals surface area (Å²) in [4.78, 5) is 2.34. The average Bonchev–Trinajstić information content (AvgIpc) is 4.02. The molecule has 13 rings (SSSR count). The molecule has 0 radical (unpaired) electrons. The first-order valence-corrected chi connectivity index (χ1v) is 21.8. The summed E-state index contributed by atoms with van der Waals surface area (Å²) in [7, 11) is 0. The van der Waals surface area contributed by atoms with Crippen molar-refractivity contribution in [3.63, 3.8) is 0 Å². The van der Waals surface area contributed by atoms with E-state index >= 15 is 0 Å². The Balaban J connectivity index is 0.881. The average molecular weight is 818 g/mol. The molecule has 10 aromatic carbocycles. The molecule has 0 N–H and O–H groups in total. The van der Waals surface area contributed by atoms with E-state index in [4.69, 9.17) is 4.42 Å². The summed E-state index contributed by atoms with van der Waals surface area (Å²) in [5.41, 5.74) is 16.7. The van der Waals surface area contributed by atoms with Gasteiger partial charge in [0.05, 0.1) is 22.1 Å². The van der Waals surface area contributed by atoms with Gasteiger partial charge in [-0.05, 0) is 119 Å². The molecule has 0 spiro atoms. The van der Waals surface area contributed by atoms with Crippen LogP contribution in [-0.2, 0) is 0 Å². The highest BCUT2D eigenvalue weighted by atomic mass is 16.3. The van der Waals surface area contributed by atoms with Crippen LogP contribution in [0, 0.1) is 0 Å². The van der Waals surface area contributed by atoms with Gasteiger partial charge >= 0.3 is 0 Å². The quantitative estimate of drug-likeness (QED) is 0.160. The molecule has 0 aliphatic heterocycles. The van der Waals surface area contributed by atoms with Crippen molar-refractivity contribution in [2.24, 2.45) is 0 Å². The van der Waals surface area contributed by atoms with Crippen LogP contribution in [0.2, 0.25) is 0 Å². The number of furan rings is 1. The molecule has 0 fully saturated rings. The number of anilines is 3. The van der Waals surface area contributed by atoms with E-state index in [9.17, 15) is 0 Å². The van der Waals surface area contributed by atoms with Crippen LogP contribution in [0.3, 0.4) is 0 Å². The number of hydrogen-bond donors (Lipinski definition) is 0. The van der Waals surface area contributed by atoms with Gasteiger partial charge in [0.25, 0.3) is 0 Å². The largest absolute Gasteiger partial charge is 0.456 e. The second-order valence-electron chi connectivity index (χ2n) is 16.5. The van der Waals surface area contributed by atoms with Crippen molar-refractivity contribution in [3.05, 3.63) is 237 Å². The third kappa shape index (κ3) is 5.77. The Morgan fingerprint density at radius 2 is 0.688 bits per heavy atom. The molecule has 0 saturated heterocycles. The maximum Gasteiger partial charge on any atom is 0.135 e. The van der Waals surface area contributed by atoms with Crippen LogP contribution in [0.25, 0.3) is 99.2 Å². The number of fused-ring (bicyclic) bond motifs is 9. The maximum absolute atomic E-state index is 6.27. The first kappa shape index (κ1) is 36.1. The van der Waals surface area contributed by atoms with Gasteiger partial charge in [-0.1, -0.05) is 140 Å². The molecule has 13 aromatic rings. The van der Waals surface area contributed by atoms with Crippen molar-refractivity contribution in [1.82, 2.24) is 9.13 Å². The second-order valence-corrected chi connectivity index (χ2v) is 16.5. The third-order valence-corrected chi connectivity index (χ3v) is 12.9. The summed E-state index contributed by atoms with van der Waals surface area (Å²) in [5.74, 6) is 0. The predicted molar refractivity (Wildman–Crippen MR) is 268 cm³/mol. The van der Waals surface area contributed by atoms with Gasteiger partial charge < -0.3 is 18.5 Å². The van der Waals surface area contributed by atoms with Crippen molar-refractivity contribution in [1.29, 1.82) is 0 Å². The highest BCUT2D eigenvalue weighted by Gasteiger charge is 2.18. The summed E-state index contributed by atoms with van der Waals surface area (Å²) >= 11 is 0. The van der Waals surface area contributed by atoms with Gasteiger partial charge in [0.15, 0.2) is 0 Å². The van der Waals surface area contributed by atoms with Gasteiger partial charge in [0, 0.05) is 60.8 Å². The molecule has 64 heavy (non-hydrogen) atoms. The topological polar surface area (TPSA) is 26.2 Å². The molecule has 3 aromatic heterocycles. The first-order valence-electron chi connectivity index (χ1n) is 21.8. The van der Waals surface area contributed by atoms with Crippen LogP contribution in [0.15, 0.2) is 241 Å². The number of rotatable bonds is 7. The molecule has 0 amide bonds. The highest BCUT2D eigenvalue weighted by molar-refractivity contribution is 6.11. The van der Waals surface area contributed by atoms with Gasteiger partial charge in [0.1, 0.15) is 11.2 Å². The molecule has 0 aliphatic carbocycles. The number of nitrogens with zero attached hydrogens (tertiary/aromatic N) is 3. The minimum Gasteiger partial charge on any atom is -0.456 e. The molecule has 0 bridgehead atoms. The van der Waals surface area contributed by atoms with Gasteiger partial charge in [-0.2, -0.15) is 0 Å². The molecule has 0 atom stereocenters. The molecule has 300 valence electrons. The van der Waals surface area contributed by atoms with E-state index in [2.05, 4.69) is 238 Å². The lowest BCUT2D eigenvalue weighted by Gasteiger charge is -2.26. The van der Waals surface area contributed by atoms with E-state index < -0.39 is 0 Å². The summed E-state index contributed by atoms with van der Waals surface area (Å²) in [6.07, 6.45) is 0. The van der Waals surface area contributed by atoms with Crippen molar-refractivity contribution in [2.75, 3.05) is 4.90 Å². The number of benzene rings is 10. The van der Waals surface area contributed by atoms with E-state index in [-0.39, 0.29) is 0 Å². The van der Waals surface area contributed by atoms with Crippen LogP contribution < -0.4 is 4.90 Å². The fourth-order valence-corrected chi connectivity index (χ4v) is 9.92. The SMILES string of the molecule is c1ccc(-n2c3ccccc3c3ccc(-c4ccc(N(c5ccc(-c6ccc(-n7c8ccccc8c8ccccc87)cc6)cc5)c5ccc6oc7ccccc7c6c5)cc4)cc32)cc1. The Kier molecular flexibility index (Phi) is 8.18. The minimum absolute atomic E-state index is 0.878. The van der Waals surface area contributed by atoms with E-state index in [1.165, 1.54) is 54.7 Å². The van der Waals surface area contributed by atoms with Gasteiger partial charge in [-0.15, -0.1) is 0 Å². The van der Waals surface area contributed by atoms with Gasteiger partial charge in [-0.25, -0.2) is 0 Å². The van der Waals surface area contributed by atoms with Crippen molar-refractivity contribution in [3.8, 4) is 33.6 Å². The molecular formula is C60H39N3O. The smallest absolute Gasteiger partial charge is 0.135 e.